The zero-order chi connectivity index (χ0) is 15.1. The Labute approximate surface area is 132 Å². The fourth-order valence-corrected chi connectivity index (χ4v) is 5.35. The molecular weight excluding hydrogens is 334 g/mol. The van der Waals surface area contributed by atoms with Crippen LogP contribution in [-0.4, -0.2) is 60.2 Å². The van der Waals surface area contributed by atoms with Crippen LogP contribution in [0.5, 0.6) is 0 Å². The number of carbonyl (C=O) groups excluding carboxylic acids is 1. The van der Waals surface area contributed by atoms with E-state index in [1.807, 2.05) is 6.92 Å². The summed E-state index contributed by atoms with van der Waals surface area (Å²) in [6, 6.07) is 0. The van der Waals surface area contributed by atoms with Crippen molar-refractivity contribution in [2.75, 3.05) is 11.5 Å². The van der Waals surface area contributed by atoms with Crippen LogP contribution in [0.15, 0.2) is 15.6 Å². The highest BCUT2D eigenvalue weighted by Gasteiger charge is 2.52. The average molecular weight is 345 g/mol. The lowest BCUT2D eigenvalue weighted by molar-refractivity contribution is -0.159. The average Bonchev–Trinajstić information content (AvgIpc) is 2.88. The van der Waals surface area contributed by atoms with Gasteiger partial charge in [-0.2, -0.15) is 0 Å². The Balaban J connectivity index is 1.81. The van der Waals surface area contributed by atoms with Gasteiger partial charge in [-0.15, -0.1) is 22.0 Å². The normalized spacial score (nSPS) is 24.9. The summed E-state index contributed by atoms with van der Waals surface area (Å²) in [5.41, 5.74) is 0.671. The second-order valence-electron chi connectivity index (χ2n) is 4.49. The third-order valence-electron chi connectivity index (χ3n) is 3.10. The zero-order valence-corrected chi connectivity index (χ0v) is 13.3. The number of carboxylic acid groups (broad SMARTS) is 1. The number of carboxylic acids is 1. The minimum absolute atomic E-state index is 0.00258. The highest BCUT2D eigenvalue weighted by atomic mass is 32.2. The Morgan fingerprint density at radius 1 is 1.52 bits per heavy atom. The molecule has 2 N–H and O–H groups in total. The van der Waals surface area contributed by atoms with Crippen LogP contribution < -0.4 is 0 Å². The molecule has 3 rings (SSSR count). The molecule has 7 nitrogen and oxygen atoms in total. The number of fused-ring (bicyclic) bond motifs is 1. The molecule has 0 radical (unpaired) electrons. The van der Waals surface area contributed by atoms with Crippen LogP contribution in [0.25, 0.3) is 0 Å². The van der Waals surface area contributed by atoms with Gasteiger partial charge in [0.25, 0.3) is 5.91 Å². The second-order valence-corrected chi connectivity index (χ2v) is 8.00. The Hall–Kier alpha value is -1.10. The summed E-state index contributed by atoms with van der Waals surface area (Å²) >= 11 is 4.24. The van der Waals surface area contributed by atoms with Crippen LogP contribution in [0.1, 0.15) is 5.01 Å². The highest BCUT2D eigenvalue weighted by Crippen LogP contribution is 2.41. The van der Waals surface area contributed by atoms with Crippen LogP contribution >= 0.6 is 34.9 Å². The van der Waals surface area contributed by atoms with Crippen LogP contribution in [0.2, 0.25) is 0 Å². The number of aryl methyl sites for hydroxylation is 1. The van der Waals surface area contributed by atoms with E-state index in [1.165, 1.54) is 39.8 Å². The Kier molecular flexibility index (Phi) is 3.95. The number of rotatable bonds is 4. The van der Waals surface area contributed by atoms with Crippen molar-refractivity contribution in [3.8, 4) is 0 Å². The molecule has 1 aromatic rings. The maximum Gasteiger partial charge on any atom is 0.352 e. The molecule has 112 valence electrons. The number of amides is 1. The van der Waals surface area contributed by atoms with Crippen molar-refractivity contribution in [1.82, 2.24) is 15.1 Å². The number of nitrogens with zero attached hydrogens (tertiary/aromatic N) is 3. The molecule has 0 unspecified atom stereocenters. The van der Waals surface area contributed by atoms with Gasteiger partial charge in [-0.25, -0.2) is 4.79 Å². The van der Waals surface area contributed by atoms with Crippen molar-refractivity contribution in [2.45, 2.75) is 22.7 Å². The smallest absolute Gasteiger partial charge is 0.352 e. The van der Waals surface area contributed by atoms with Gasteiger partial charge >= 0.3 is 5.97 Å². The van der Waals surface area contributed by atoms with Gasteiger partial charge in [0.1, 0.15) is 16.1 Å². The third-order valence-corrected chi connectivity index (χ3v) is 6.48. The number of aliphatic hydroxyl groups excluding tert-OH is 1. The molecule has 21 heavy (non-hydrogen) atoms. The van der Waals surface area contributed by atoms with Gasteiger partial charge in [0.2, 0.25) is 0 Å². The standard InChI is InChI=1S/C11H11N3O4S3/c1-4-12-13-11(21-4)20-3-5-2-19-9-7(15)8(16)14(9)6(5)10(17)18/h7,9,15H,2-3H2,1H3,(H,17,18)/t7-,9+/m1/s1. The maximum absolute atomic E-state index is 11.7. The van der Waals surface area contributed by atoms with Crippen molar-refractivity contribution in [3.63, 3.8) is 0 Å². The molecule has 1 fully saturated rings. The van der Waals surface area contributed by atoms with E-state index in [0.29, 0.717) is 17.1 Å². The van der Waals surface area contributed by atoms with E-state index in [0.717, 1.165) is 9.35 Å². The molecule has 0 aliphatic carbocycles. The number of carbonyl (C=O) groups is 2. The summed E-state index contributed by atoms with van der Waals surface area (Å²) < 4.78 is 0.770. The highest BCUT2D eigenvalue weighted by molar-refractivity contribution is 8.01. The monoisotopic (exact) mass is 345 g/mol. The predicted molar refractivity (Wildman–Crippen MR) is 79.1 cm³/mol. The molecule has 10 heteroatoms. The van der Waals surface area contributed by atoms with Gasteiger partial charge < -0.3 is 10.2 Å². The van der Waals surface area contributed by atoms with Gasteiger partial charge in [0.15, 0.2) is 10.4 Å². The fraction of sp³-hybridized carbons (Fsp3) is 0.455. The fourth-order valence-electron chi connectivity index (χ4n) is 2.13. The molecule has 2 aliphatic rings. The minimum Gasteiger partial charge on any atom is -0.477 e. The largest absolute Gasteiger partial charge is 0.477 e. The topological polar surface area (TPSA) is 104 Å². The summed E-state index contributed by atoms with van der Waals surface area (Å²) in [6.07, 6.45) is -1.09. The van der Waals surface area contributed by atoms with E-state index in [9.17, 15) is 19.8 Å². The van der Waals surface area contributed by atoms with Crippen molar-refractivity contribution < 1.29 is 19.8 Å². The first-order valence-corrected chi connectivity index (χ1v) is 8.85. The number of aromatic nitrogens is 2. The number of aliphatic hydroxyl groups is 1. The van der Waals surface area contributed by atoms with E-state index < -0.39 is 23.4 Å². The van der Waals surface area contributed by atoms with Crippen molar-refractivity contribution >= 4 is 46.7 Å². The Morgan fingerprint density at radius 3 is 2.90 bits per heavy atom. The number of hydrogen-bond donors (Lipinski definition) is 2. The molecule has 2 aliphatic heterocycles. The van der Waals surface area contributed by atoms with Gasteiger partial charge in [-0.05, 0) is 12.5 Å². The molecule has 0 bridgehead atoms. The number of hydrogen-bond acceptors (Lipinski definition) is 8. The zero-order valence-electron chi connectivity index (χ0n) is 10.8. The van der Waals surface area contributed by atoms with Crippen LogP contribution in [0.4, 0.5) is 0 Å². The minimum atomic E-state index is -1.13. The lowest BCUT2D eigenvalue weighted by Crippen LogP contribution is -2.64. The van der Waals surface area contributed by atoms with E-state index in [4.69, 9.17) is 0 Å². The van der Waals surface area contributed by atoms with E-state index >= 15 is 0 Å². The first-order chi connectivity index (χ1) is 9.99. The van der Waals surface area contributed by atoms with Gasteiger partial charge in [0.05, 0.1) is 0 Å². The number of thioether (sulfide) groups is 2. The first kappa shape index (κ1) is 14.8. The molecule has 1 amide bonds. The van der Waals surface area contributed by atoms with Gasteiger partial charge in [-0.3, -0.25) is 9.69 Å². The molecule has 1 saturated heterocycles. The Morgan fingerprint density at radius 2 is 2.29 bits per heavy atom. The van der Waals surface area contributed by atoms with Crippen molar-refractivity contribution in [1.29, 1.82) is 0 Å². The summed E-state index contributed by atoms with van der Waals surface area (Å²) in [5.74, 6) is -0.753. The van der Waals surface area contributed by atoms with Crippen LogP contribution in [0, 0.1) is 6.92 Å². The lowest BCUT2D eigenvalue weighted by atomic mass is 10.1. The predicted octanol–water partition coefficient (Wildman–Crippen LogP) is 0.553. The van der Waals surface area contributed by atoms with Crippen molar-refractivity contribution in [2.24, 2.45) is 0 Å². The molecule has 2 atom stereocenters. The summed E-state index contributed by atoms with van der Waals surface area (Å²) in [4.78, 5) is 24.3. The summed E-state index contributed by atoms with van der Waals surface area (Å²) in [7, 11) is 0. The SMILES string of the molecule is Cc1nnc(SCC2=C(C(=O)O)N3C(=O)[C@@H](O)[C@@H]3SC2)s1. The number of β-lactam (4-membered cyclic amide) rings is 1. The molecule has 0 spiro atoms. The van der Waals surface area contributed by atoms with Crippen LogP contribution in [-0.2, 0) is 9.59 Å². The molecule has 0 aromatic carbocycles. The van der Waals surface area contributed by atoms with E-state index in [1.54, 1.807) is 0 Å². The van der Waals surface area contributed by atoms with E-state index in [-0.39, 0.29) is 5.70 Å². The third kappa shape index (κ3) is 2.56. The van der Waals surface area contributed by atoms with Gasteiger partial charge in [-0.1, -0.05) is 23.1 Å². The quantitative estimate of drug-likeness (QED) is 0.602. The lowest BCUT2D eigenvalue weighted by Gasteiger charge is -2.47. The number of aliphatic carboxylic acids is 1. The summed E-state index contributed by atoms with van der Waals surface area (Å²) in [6.45, 7) is 1.85. The summed E-state index contributed by atoms with van der Waals surface area (Å²) in [5, 5.41) is 27.2. The molecule has 3 heterocycles. The maximum atomic E-state index is 11.7. The Bertz CT molecular complexity index is 644. The molecule has 1 aromatic heterocycles. The second kappa shape index (κ2) is 5.59. The van der Waals surface area contributed by atoms with Gasteiger partial charge in [0, 0.05) is 11.5 Å². The van der Waals surface area contributed by atoms with Crippen LogP contribution in [0.3, 0.4) is 0 Å². The van der Waals surface area contributed by atoms with E-state index in [2.05, 4.69) is 10.2 Å². The van der Waals surface area contributed by atoms with Crippen molar-refractivity contribution in [3.05, 3.63) is 16.3 Å². The molecular formula is C11H11N3O4S3. The first-order valence-electron chi connectivity index (χ1n) is 6.00. The molecule has 0 saturated carbocycles.